The Labute approximate surface area is 156 Å². The van der Waals surface area contributed by atoms with Crippen LogP contribution >= 0.6 is 23.2 Å². The lowest BCUT2D eigenvalue weighted by molar-refractivity contribution is 0.0948. The van der Waals surface area contributed by atoms with Gasteiger partial charge in [-0.25, -0.2) is 4.98 Å². The van der Waals surface area contributed by atoms with Crippen LogP contribution in [0.1, 0.15) is 40.3 Å². The fourth-order valence-electron chi connectivity index (χ4n) is 2.10. The average molecular weight is 380 g/mol. The molecule has 0 aliphatic heterocycles. The van der Waals surface area contributed by atoms with Crippen molar-refractivity contribution in [1.82, 2.24) is 10.3 Å². The van der Waals surface area contributed by atoms with E-state index >= 15 is 0 Å². The molecule has 0 radical (unpaired) electrons. The van der Waals surface area contributed by atoms with Crippen molar-refractivity contribution >= 4 is 40.7 Å². The number of nitrogens with zero attached hydrogens (tertiary/aromatic N) is 1. The van der Waals surface area contributed by atoms with Gasteiger partial charge in [-0.2, -0.15) is 0 Å². The molecule has 1 heterocycles. The molecule has 0 spiro atoms. The number of aromatic nitrogens is 1. The quantitative estimate of drug-likeness (QED) is 0.759. The van der Waals surface area contributed by atoms with Crippen LogP contribution in [0.3, 0.4) is 0 Å². The number of carbonyl (C=O) groups excluding carboxylic acids is 2. The normalized spacial score (nSPS) is 10.6. The number of hydrogen-bond donors (Lipinski definition) is 2. The first-order valence-electron chi connectivity index (χ1n) is 7.80. The Hall–Kier alpha value is -2.11. The minimum absolute atomic E-state index is 0.0484. The SMILES string of the molecule is Cc1cc(C(=O)NCC(C)C)ccc1NC(=O)c1nc(Cl)ccc1Cl. The lowest BCUT2D eigenvalue weighted by atomic mass is 10.1. The van der Waals surface area contributed by atoms with E-state index in [9.17, 15) is 9.59 Å². The van der Waals surface area contributed by atoms with Crippen LogP contribution in [-0.4, -0.2) is 23.3 Å². The first kappa shape index (κ1) is 19.2. The number of benzene rings is 1. The minimum atomic E-state index is -0.465. The predicted molar refractivity (Wildman–Crippen MR) is 101 cm³/mol. The van der Waals surface area contributed by atoms with E-state index in [0.717, 1.165) is 5.56 Å². The van der Waals surface area contributed by atoms with Crippen molar-refractivity contribution in [2.45, 2.75) is 20.8 Å². The molecule has 0 unspecified atom stereocenters. The van der Waals surface area contributed by atoms with Gasteiger partial charge in [0.2, 0.25) is 0 Å². The van der Waals surface area contributed by atoms with Crippen LogP contribution in [0.4, 0.5) is 5.69 Å². The fraction of sp³-hybridized carbons (Fsp3) is 0.278. The highest BCUT2D eigenvalue weighted by atomic mass is 35.5. The van der Waals surface area contributed by atoms with Crippen molar-refractivity contribution < 1.29 is 9.59 Å². The third-order valence-electron chi connectivity index (χ3n) is 3.43. The fourth-order valence-corrected chi connectivity index (χ4v) is 2.44. The second kappa shape index (κ2) is 8.32. The number of anilines is 1. The van der Waals surface area contributed by atoms with Crippen molar-refractivity contribution in [1.29, 1.82) is 0 Å². The Morgan fingerprint density at radius 1 is 1.12 bits per heavy atom. The summed E-state index contributed by atoms with van der Waals surface area (Å²) in [5, 5.41) is 5.99. The third-order valence-corrected chi connectivity index (χ3v) is 3.95. The standard InChI is InChI=1S/C18H19Cl2N3O2/c1-10(2)9-21-17(24)12-4-6-14(11(3)8-12)22-18(25)16-13(19)5-7-15(20)23-16/h4-8,10H,9H2,1-3H3,(H,21,24)(H,22,25). The van der Waals surface area contributed by atoms with Crippen molar-refractivity contribution in [2.24, 2.45) is 5.92 Å². The minimum Gasteiger partial charge on any atom is -0.352 e. The number of amides is 2. The second-order valence-electron chi connectivity index (χ2n) is 6.05. The van der Waals surface area contributed by atoms with Crippen molar-refractivity contribution in [3.05, 3.63) is 57.3 Å². The first-order valence-corrected chi connectivity index (χ1v) is 8.55. The molecule has 0 aliphatic rings. The summed E-state index contributed by atoms with van der Waals surface area (Å²) in [5.74, 6) is -0.236. The number of aryl methyl sites for hydroxylation is 1. The molecule has 2 aromatic rings. The van der Waals surface area contributed by atoms with E-state index in [4.69, 9.17) is 23.2 Å². The van der Waals surface area contributed by atoms with Gasteiger partial charge in [0.05, 0.1) is 5.02 Å². The Kier molecular flexibility index (Phi) is 6.39. The van der Waals surface area contributed by atoms with Crippen molar-refractivity contribution in [2.75, 3.05) is 11.9 Å². The van der Waals surface area contributed by atoms with E-state index in [-0.39, 0.29) is 21.8 Å². The lowest BCUT2D eigenvalue weighted by Gasteiger charge is -2.12. The lowest BCUT2D eigenvalue weighted by Crippen LogP contribution is -2.27. The van der Waals surface area contributed by atoms with Gasteiger partial charge < -0.3 is 10.6 Å². The summed E-state index contributed by atoms with van der Waals surface area (Å²) in [7, 11) is 0. The molecule has 0 saturated heterocycles. The molecule has 2 amide bonds. The van der Waals surface area contributed by atoms with Crippen LogP contribution in [0.2, 0.25) is 10.2 Å². The maximum atomic E-state index is 12.3. The van der Waals surface area contributed by atoms with Crippen LogP contribution in [0.25, 0.3) is 0 Å². The molecule has 0 fully saturated rings. The number of halogens is 2. The Balaban J connectivity index is 2.14. The zero-order valence-corrected chi connectivity index (χ0v) is 15.7. The first-order chi connectivity index (χ1) is 11.8. The Morgan fingerprint density at radius 3 is 2.48 bits per heavy atom. The van der Waals surface area contributed by atoms with Gasteiger partial charge >= 0.3 is 0 Å². The molecule has 0 saturated carbocycles. The van der Waals surface area contributed by atoms with E-state index in [0.29, 0.717) is 23.7 Å². The molecule has 5 nitrogen and oxygen atoms in total. The smallest absolute Gasteiger partial charge is 0.275 e. The maximum Gasteiger partial charge on any atom is 0.275 e. The highest BCUT2D eigenvalue weighted by Gasteiger charge is 2.15. The number of hydrogen-bond acceptors (Lipinski definition) is 3. The molecule has 2 N–H and O–H groups in total. The number of rotatable bonds is 5. The molecule has 1 aromatic carbocycles. The summed E-state index contributed by atoms with van der Waals surface area (Å²) in [6, 6.07) is 8.08. The van der Waals surface area contributed by atoms with Gasteiger partial charge in [-0.3, -0.25) is 9.59 Å². The van der Waals surface area contributed by atoms with Gasteiger partial charge in [-0.15, -0.1) is 0 Å². The molecule has 25 heavy (non-hydrogen) atoms. The van der Waals surface area contributed by atoms with Gasteiger partial charge in [0, 0.05) is 17.8 Å². The van der Waals surface area contributed by atoms with Gasteiger partial charge in [-0.05, 0) is 48.7 Å². The zero-order chi connectivity index (χ0) is 18.6. The molecular weight excluding hydrogens is 361 g/mol. The molecule has 0 atom stereocenters. The van der Waals surface area contributed by atoms with Gasteiger partial charge in [0.25, 0.3) is 11.8 Å². The summed E-state index contributed by atoms with van der Waals surface area (Å²) >= 11 is 11.8. The molecule has 132 valence electrons. The molecular formula is C18H19Cl2N3O2. The average Bonchev–Trinajstić information content (AvgIpc) is 2.56. The maximum absolute atomic E-state index is 12.3. The largest absolute Gasteiger partial charge is 0.352 e. The van der Waals surface area contributed by atoms with Gasteiger partial charge in [0.1, 0.15) is 10.8 Å². The monoisotopic (exact) mass is 379 g/mol. The van der Waals surface area contributed by atoms with E-state index in [1.54, 1.807) is 18.2 Å². The summed E-state index contributed by atoms with van der Waals surface area (Å²) in [6.45, 7) is 6.47. The zero-order valence-electron chi connectivity index (χ0n) is 14.2. The van der Waals surface area contributed by atoms with E-state index in [2.05, 4.69) is 15.6 Å². The highest BCUT2D eigenvalue weighted by Crippen LogP contribution is 2.21. The van der Waals surface area contributed by atoms with E-state index in [1.807, 2.05) is 20.8 Å². The van der Waals surface area contributed by atoms with Crippen LogP contribution in [0.15, 0.2) is 30.3 Å². The second-order valence-corrected chi connectivity index (χ2v) is 6.85. The Morgan fingerprint density at radius 2 is 1.84 bits per heavy atom. The van der Waals surface area contributed by atoms with Crippen molar-refractivity contribution in [3.63, 3.8) is 0 Å². The van der Waals surface area contributed by atoms with Crippen molar-refractivity contribution in [3.8, 4) is 0 Å². The third kappa shape index (κ3) is 5.18. The van der Waals surface area contributed by atoms with E-state index < -0.39 is 5.91 Å². The molecule has 2 rings (SSSR count). The summed E-state index contributed by atoms with van der Waals surface area (Å²) in [4.78, 5) is 28.4. The predicted octanol–water partition coefficient (Wildman–Crippen LogP) is 4.33. The number of pyridine rings is 1. The summed E-state index contributed by atoms with van der Waals surface area (Å²) in [5.41, 5.74) is 1.91. The molecule has 1 aromatic heterocycles. The summed E-state index contributed by atoms with van der Waals surface area (Å²) in [6.07, 6.45) is 0. The van der Waals surface area contributed by atoms with Crippen LogP contribution in [0, 0.1) is 12.8 Å². The highest BCUT2D eigenvalue weighted by molar-refractivity contribution is 6.35. The van der Waals surface area contributed by atoms with Gasteiger partial charge in [0.15, 0.2) is 0 Å². The van der Waals surface area contributed by atoms with E-state index in [1.165, 1.54) is 12.1 Å². The molecule has 7 heteroatoms. The molecule has 0 bridgehead atoms. The van der Waals surface area contributed by atoms with Crippen LogP contribution in [-0.2, 0) is 0 Å². The number of carbonyl (C=O) groups is 2. The van der Waals surface area contributed by atoms with Gasteiger partial charge in [-0.1, -0.05) is 37.0 Å². The topological polar surface area (TPSA) is 71.1 Å². The van der Waals surface area contributed by atoms with Crippen LogP contribution in [0.5, 0.6) is 0 Å². The number of nitrogens with one attached hydrogen (secondary N) is 2. The summed E-state index contributed by atoms with van der Waals surface area (Å²) < 4.78 is 0. The Bertz CT molecular complexity index is 807. The van der Waals surface area contributed by atoms with Crippen LogP contribution < -0.4 is 10.6 Å². The molecule has 0 aliphatic carbocycles.